The molecule has 1 N–H and O–H groups in total. The Morgan fingerprint density at radius 2 is 1.86 bits per heavy atom. The molecule has 0 aliphatic rings. The Kier molecular flexibility index (Phi) is 8.26. The van der Waals surface area contributed by atoms with Gasteiger partial charge in [-0.25, -0.2) is 4.39 Å². The summed E-state index contributed by atoms with van der Waals surface area (Å²) < 4.78 is 18.5. The van der Waals surface area contributed by atoms with E-state index >= 15 is 0 Å². The molecule has 0 radical (unpaired) electrons. The van der Waals surface area contributed by atoms with Crippen molar-refractivity contribution in [3.63, 3.8) is 0 Å². The Bertz CT molecular complexity index is 798. The van der Waals surface area contributed by atoms with Gasteiger partial charge < -0.3 is 15.0 Å². The lowest BCUT2D eigenvalue weighted by Gasteiger charge is -2.29. The number of rotatable bonds is 9. The van der Waals surface area contributed by atoms with Crippen LogP contribution < -0.4 is 10.1 Å². The molecule has 0 aromatic heterocycles. The van der Waals surface area contributed by atoms with Crippen molar-refractivity contribution < 1.29 is 18.7 Å². The number of halogens is 2. The van der Waals surface area contributed by atoms with Gasteiger partial charge in [0, 0.05) is 18.1 Å². The van der Waals surface area contributed by atoms with Crippen LogP contribution in [0, 0.1) is 5.82 Å². The number of amides is 2. The second-order valence-electron chi connectivity index (χ2n) is 6.32. The molecule has 0 fully saturated rings. The third-order valence-electron chi connectivity index (χ3n) is 4.19. The number of ether oxygens (including phenoxy) is 1. The molecule has 1 atom stereocenters. The second-order valence-corrected chi connectivity index (χ2v) is 6.73. The van der Waals surface area contributed by atoms with Gasteiger partial charge in [-0.2, -0.15) is 0 Å². The van der Waals surface area contributed by atoms with Crippen LogP contribution in [0.25, 0.3) is 0 Å². The Morgan fingerprint density at radius 1 is 1.18 bits per heavy atom. The van der Waals surface area contributed by atoms with Gasteiger partial charge in [-0.15, -0.1) is 0 Å². The Hall–Kier alpha value is -2.60. The van der Waals surface area contributed by atoms with E-state index in [1.165, 1.54) is 29.2 Å². The Balaban J connectivity index is 2.13. The quantitative estimate of drug-likeness (QED) is 0.689. The Labute approximate surface area is 169 Å². The zero-order valence-corrected chi connectivity index (χ0v) is 16.7. The number of hydrogen-bond donors (Lipinski definition) is 1. The molecule has 2 rings (SSSR count). The van der Waals surface area contributed by atoms with Gasteiger partial charge in [-0.05, 0) is 49.2 Å². The summed E-state index contributed by atoms with van der Waals surface area (Å²) in [5, 5.41) is 3.31. The first-order valence-corrected chi connectivity index (χ1v) is 9.49. The first kappa shape index (κ1) is 21.7. The van der Waals surface area contributed by atoms with Gasteiger partial charge in [-0.3, -0.25) is 9.59 Å². The molecule has 7 heteroatoms. The minimum Gasteiger partial charge on any atom is -0.484 e. The van der Waals surface area contributed by atoms with Crippen LogP contribution in [-0.4, -0.2) is 35.9 Å². The van der Waals surface area contributed by atoms with Gasteiger partial charge in [0.25, 0.3) is 5.91 Å². The molecular weight excluding hydrogens is 383 g/mol. The summed E-state index contributed by atoms with van der Waals surface area (Å²) in [5.74, 6) is -0.636. The third kappa shape index (κ3) is 6.23. The topological polar surface area (TPSA) is 58.6 Å². The zero-order valence-electron chi connectivity index (χ0n) is 16.0. The number of carbonyl (C=O) groups is 2. The molecule has 0 spiro atoms. The van der Waals surface area contributed by atoms with Crippen LogP contribution in [0.15, 0.2) is 48.5 Å². The summed E-state index contributed by atoms with van der Waals surface area (Å²) in [5.41, 5.74) is 0.731. The third-order valence-corrected chi connectivity index (χ3v) is 4.56. The van der Waals surface area contributed by atoms with Crippen LogP contribution in [0.4, 0.5) is 4.39 Å². The first-order valence-electron chi connectivity index (χ1n) is 9.11. The largest absolute Gasteiger partial charge is 0.484 e. The number of nitrogens with zero attached hydrogens (tertiary/aromatic N) is 1. The van der Waals surface area contributed by atoms with Crippen LogP contribution in [0.1, 0.15) is 25.8 Å². The van der Waals surface area contributed by atoms with E-state index in [2.05, 4.69) is 5.32 Å². The average molecular weight is 407 g/mol. The van der Waals surface area contributed by atoms with Crippen molar-refractivity contribution in [2.75, 3.05) is 13.2 Å². The molecule has 2 amide bonds. The fourth-order valence-corrected chi connectivity index (χ4v) is 2.74. The molecule has 5 nitrogen and oxygen atoms in total. The maximum absolute atomic E-state index is 13.0. The van der Waals surface area contributed by atoms with Gasteiger partial charge >= 0.3 is 0 Å². The van der Waals surface area contributed by atoms with E-state index in [9.17, 15) is 14.0 Å². The first-order chi connectivity index (χ1) is 13.4. The monoisotopic (exact) mass is 406 g/mol. The number of hydrogen-bond acceptors (Lipinski definition) is 3. The zero-order chi connectivity index (χ0) is 20.5. The fourth-order valence-electron chi connectivity index (χ4n) is 2.55. The summed E-state index contributed by atoms with van der Waals surface area (Å²) in [6.45, 7) is 4.04. The fraction of sp³-hybridized carbons (Fsp3) is 0.333. The van der Waals surface area contributed by atoms with Crippen molar-refractivity contribution in [3.05, 3.63) is 64.9 Å². The lowest BCUT2D eigenvalue weighted by Crippen LogP contribution is -2.49. The summed E-state index contributed by atoms with van der Waals surface area (Å²) in [4.78, 5) is 26.7. The van der Waals surface area contributed by atoms with Gasteiger partial charge in [0.2, 0.25) is 5.91 Å². The highest BCUT2D eigenvalue weighted by atomic mass is 35.5. The van der Waals surface area contributed by atoms with Crippen molar-refractivity contribution in [2.45, 2.75) is 32.9 Å². The lowest BCUT2D eigenvalue weighted by molar-refractivity contribution is -0.142. The number of carbonyl (C=O) groups excluding carboxylic acids is 2. The molecule has 0 heterocycles. The molecule has 0 bridgehead atoms. The van der Waals surface area contributed by atoms with Crippen LogP contribution in [0.2, 0.25) is 5.02 Å². The smallest absolute Gasteiger partial charge is 0.261 e. The van der Waals surface area contributed by atoms with Crippen LogP contribution >= 0.6 is 11.6 Å². The van der Waals surface area contributed by atoms with Crippen LogP contribution in [0.5, 0.6) is 5.75 Å². The summed E-state index contributed by atoms with van der Waals surface area (Å²) in [7, 11) is 0. The van der Waals surface area contributed by atoms with Gasteiger partial charge in [-0.1, -0.05) is 36.7 Å². The van der Waals surface area contributed by atoms with Gasteiger partial charge in [0.05, 0.1) is 0 Å². The van der Waals surface area contributed by atoms with Crippen LogP contribution in [-0.2, 0) is 16.1 Å². The molecule has 28 heavy (non-hydrogen) atoms. The number of nitrogens with one attached hydrogen (secondary N) is 1. The molecule has 0 saturated carbocycles. The minimum absolute atomic E-state index is 0.173. The maximum atomic E-state index is 13.0. The SMILES string of the molecule is CCCNC(=O)C(C)N(Cc1ccccc1Cl)C(=O)COc1ccc(F)cc1. The molecule has 1 unspecified atom stereocenters. The second kappa shape index (κ2) is 10.7. The van der Waals surface area contributed by atoms with E-state index in [0.717, 1.165) is 12.0 Å². The predicted molar refractivity (Wildman–Crippen MR) is 107 cm³/mol. The van der Waals surface area contributed by atoms with E-state index in [1.54, 1.807) is 25.1 Å². The van der Waals surface area contributed by atoms with E-state index < -0.39 is 6.04 Å². The molecule has 150 valence electrons. The highest BCUT2D eigenvalue weighted by Crippen LogP contribution is 2.19. The van der Waals surface area contributed by atoms with Gasteiger partial charge in [0.1, 0.15) is 17.6 Å². The van der Waals surface area contributed by atoms with Crippen molar-refractivity contribution in [2.24, 2.45) is 0 Å². The summed E-state index contributed by atoms with van der Waals surface area (Å²) in [6.07, 6.45) is 0.796. The average Bonchev–Trinajstić information content (AvgIpc) is 2.70. The maximum Gasteiger partial charge on any atom is 0.261 e. The molecule has 0 aliphatic carbocycles. The van der Waals surface area contributed by atoms with Crippen molar-refractivity contribution in [1.29, 1.82) is 0 Å². The number of benzene rings is 2. The molecule has 2 aromatic carbocycles. The summed E-state index contributed by atoms with van der Waals surface area (Å²) in [6, 6.07) is 11.8. The van der Waals surface area contributed by atoms with E-state index in [4.69, 9.17) is 16.3 Å². The Morgan fingerprint density at radius 3 is 2.50 bits per heavy atom. The normalized spacial score (nSPS) is 11.6. The lowest BCUT2D eigenvalue weighted by atomic mass is 10.1. The van der Waals surface area contributed by atoms with E-state index in [1.807, 2.05) is 13.0 Å². The minimum atomic E-state index is -0.702. The summed E-state index contributed by atoms with van der Waals surface area (Å²) >= 11 is 6.22. The predicted octanol–water partition coefficient (Wildman–Crippen LogP) is 3.80. The molecule has 0 aliphatic heterocycles. The molecular formula is C21H24ClFN2O3. The molecule has 2 aromatic rings. The van der Waals surface area contributed by atoms with E-state index in [-0.39, 0.29) is 30.8 Å². The van der Waals surface area contributed by atoms with Crippen LogP contribution in [0.3, 0.4) is 0 Å². The van der Waals surface area contributed by atoms with Crippen molar-refractivity contribution in [1.82, 2.24) is 10.2 Å². The standard InChI is InChI=1S/C21H24ClFN2O3/c1-3-12-24-21(27)15(2)25(13-16-6-4-5-7-19(16)22)20(26)14-28-18-10-8-17(23)9-11-18/h4-11,15H,3,12-14H2,1-2H3,(H,24,27). The van der Waals surface area contributed by atoms with Gasteiger partial charge in [0.15, 0.2) is 6.61 Å². The van der Waals surface area contributed by atoms with Crippen molar-refractivity contribution >= 4 is 23.4 Å². The highest BCUT2D eigenvalue weighted by Gasteiger charge is 2.26. The van der Waals surface area contributed by atoms with Crippen molar-refractivity contribution in [3.8, 4) is 5.75 Å². The van der Waals surface area contributed by atoms with E-state index in [0.29, 0.717) is 17.3 Å². The molecule has 0 saturated heterocycles. The highest BCUT2D eigenvalue weighted by molar-refractivity contribution is 6.31.